The quantitative estimate of drug-likeness (QED) is 0.501. The average Bonchev–Trinajstić information content (AvgIpc) is 2.92. The molecule has 0 saturated heterocycles. The van der Waals surface area contributed by atoms with Crippen LogP contribution >= 0.6 is 35.4 Å². The zero-order chi connectivity index (χ0) is 18.0. The van der Waals surface area contributed by atoms with Crippen LogP contribution in [0.4, 0.5) is 4.39 Å². The van der Waals surface area contributed by atoms with E-state index in [1.807, 2.05) is 0 Å². The maximum atomic E-state index is 13.0. The molecule has 2 N–H and O–H groups in total. The van der Waals surface area contributed by atoms with Crippen LogP contribution in [0.2, 0.25) is 10.0 Å². The molecule has 0 saturated carbocycles. The zero-order valence-electron chi connectivity index (χ0n) is 12.6. The second-order valence-corrected chi connectivity index (χ2v) is 6.34. The molecule has 9 heteroatoms. The Morgan fingerprint density at radius 3 is 2.52 bits per heavy atom. The summed E-state index contributed by atoms with van der Waals surface area (Å²) in [5.41, 5.74) is 1.45. The summed E-state index contributed by atoms with van der Waals surface area (Å²) in [6, 6.07) is 9.14. The fraction of sp³-hybridized carbons (Fsp3) is 0.0625. The summed E-state index contributed by atoms with van der Waals surface area (Å²) >= 11 is 17.0. The molecule has 3 rings (SSSR count). The number of nitrogens with one attached hydrogen (secondary N) is 1. The zero-order valence-corrected chi connectivity index (χ0v) is 14.9. The first-order valence-electron chi connectivity index (χ1n) is 7.07. The van der Waals surface area contributed by atoms with E-state index in [9.17, 15) is 9.50 Å². The minimum atomic E-state index is -0.304. The van der Waals surface area contributed by atoms with Gasteiger partial charge in [-0.25, -0.2) is 4.39 Å². The van der Waals surface area contributed by atoms with Crippen LogP contribution in [0.1, 0.15) is 17.0 Å². The highest BCUT2D eigenvalue weighted by Crippen LogP contribution is 2.32. The molecule has 0 aliphatic heterocycles. The molecule has 1 aromatic heterocycles. The number of phenols is 1. The maximum absolute atomic E-state index is 13.0. The van der Waals surface area contributed by atoms with E-state index in [2.05, 4.69) is 15.3 Å². The van der Waals surface area contributed by atoms with E-state index in [1.54, 1.807) is 12.1 Å². The lowest BCUT2D eigenvalue weighted by molar-refractivity contribution is 0.476. The van der Waals surface area contributed by atoms with Gasteiger partial charge in [0.1, 0.15) is 5.82 Å². The van der Waals surface area contributed by atoms with Gasteiger partial charge in [-0.05, 0) is 47.6 Å². The second kappa shape index (κ2) is 7.35. The van der Waals surface area contributed by atoms with E-state index in [0.29, 0.717) is 22.6 Å². The fourth-order valence-corrected chi connectivity index (χ4v) is 2.83. The van der Waals surface area contributed by atoms with Crippen molar-refractivity contribution in [3.63, 3.8) is 0 Å². The topological polar surface area (TPSA) is 66.2 Å². The lowest BCUT2D eigenvalue weighted by atomic mass is 10.1. The van der Waals surface area contributed by atoms with Crippen LogP contribution in [-0.2, 0) is 6.42 Å². The van der Waals surface area contributed by atoms with Crippen LogP contribution in [-0.4, -0.2) is 26.2 Å². The van der Waals surface area contributed by atoms with Gasteiger partial charge in [0.2, 0.25) is 4.77 Å². The van der Waals surface area contributed by atoms with Gasteiger partial charge >= 0.3 is 0 Å². The number of phenolic OH excluding ortho intramolecular Hbond substituents is 1. The van der Waals surface area contributed by atoms with E-state index in [4.69, 9.17) is 35.4 Å². The highest BCUT2D eigenvalue weighted by molar-refractivity contribution is 7.71. The highest BCUT2D eigenvalue weighted by atomic mass is 35.5. The Morgan fingerprint density at radius 2 is 1.88 bits per heavy atom. The molecule has 0 spiro atoms. The maximum Gasteiger partial charge on any atom is 0.216 e. The fourth-order valence-electron chi connectivity index (χ4n) is 2.13. The lowest BCUT2D eigenvalue weighted by Gasteiger charge is -2.03. The SMILES string of the molecule is Oc1c(Cl)cc(/C=N\n2c(Cc3ccc(F)cc3)n[nH]c2=S)cc1Cl. The first-order chi connectivity index (χ1) is 11.9. The number of H-pyrrole nitrogens is 1. The Labute approximate surface area is 157 Å². The minimum Gasteiger partial charge on any atom is -0.505 e. The number of aromatic hydroxyl groups is 1. The number of hydrogen-bond donors (Lipinski definition) is 2. The van der Waals surface area contributed by atoms with Gasteiger partial charge in [-0.2, -0.15) is 14.9 Å². The van der Waals surface area contributed by atoms with Crippen LogP contribution in [0.3, 0.4) is 0 Å². The summed E-state index contributed by atoms with van der Waals surface area (Å²) in [7, 11) is 0. The molecule has 5 nitrogen and oxygen atoms in total. The van der Waals surface area contributed by atoms with Gasteiger partial charge in [-0.1, -0.05) is 35.3 Å². The summed E-state index contributed by atoms with van der Waals surface area (Å²) in [4.78, 5) is 0. The first-order valence-corrected chi connectivity index (χ1v) is 8.23. The van der Waals surface area contributed by atoms with Gasteiger partial charge in [-0.3, -0.25) is 5.10 Å². The Bertz CT molecular complexity index is 975. The van der Waals surface area contributed by atoms with Gasteiger partial charge in [0, 0.05) is 6.42 Å². The molecule has 0 aliphatic rings. The number of hydrogen-bond acceptors (Lipinski definition) is 4. The van der Waals surface area contributed by atoms with Crippen molar-refractivity contribution < 1.29 is 9.50 Å². The molecule has 3 aromatic rings. The van der Waals surface area contributed by atoms with Crippen LogP contribution in [0.25, 0.3) is 0 Å². The monoisotopic (exact) mass is 396 g/mol. The third kappa shape index (κ3) is 4.07. The van der Waals surface area contributed by atoms with Crippen molar-refractivity contribution in [3.05, 3.63) is 74.0 Å². The second-order valence-electron chi connectivity index (χ2n) is 5.14. The van der Waals surface area contributed by atoms with Gasteiger partial charge in [0.05, 0.1) is 16.3 Å². The summed E-state index contributed by atoms with van der Waals surface area (Å²) in [6.07, 6.45) is 1.92. The van der Waals surface area contributed by atoms with Gasteiger partial charge in [0.25, 0.3) is 0 Å². The highest BCUT2D eigenvalue weighted by Gasteiger charge is 2.08. The third-order valence-corrected chi connectivity index (χ3v) is 4.19. The van der Waals surface area contributed by atoms with Crippen LogP contribution < -0.4 is 0 Å². The summed E-state index contributed by atoms with van der Waals surface area (Å²) in [6.45, 7) is 0. The van der Waals surface area contributed by atoms with E-state index < -0.39 is 0 Å². The number of halogens is 3. The minimum absolute atomic E-state index is 0.122. The molecule has 2 aromatic carbocycles. The van der Waals surface area contributed by atoms with Crippen LogP contribution in [0.15, 0.2) is 41.5 Å². The predicted molar refractivity (Wildman–Crippen MR) is 97.7 cm³/mol. The standard InChI is InChI=1S/C16H11Cl2FN4OS/c17-12-5-10(6-13(18)15(12)24)8-20-23-14(21-22-16(23)25)7-9-1-3-11(19)4-2-9/h1-6,8,24H,7H2,(H,22,25)/b20-8-. The number of aromatic amines is 1. The van der Waals surface area contributed by atoms with Crippen molar-refractivity contribution in [2.75, 3.05) is 0 Å². The molecular formula is C16H11Cl2FN4OS. The van der Waals surface area contributed by atoms with Crippen molar-refractivity contribution >= 4 is 41.6 Å². The largest absolute Gasteiger partial charge is 0.505 e. The number of benzene rings is 2. The molecule has 0 unspecified atom stereocenters. The molecule has 0 atom stereocenters. The Balaban J connectivity index is 1.89. The molecule has 0 bridgehead atoms. The normalized spacial score (nSPS) is 11.3. The van der Waals surface area contributed by atoms with Crippen LogP contribution in [0.5, 0.6) is 5.75 Å². The van der Waals surface area contributed by atoms with Crippen molar-refractivity contribution in [3.8, 4) is 5.75 Å². The Kier molecular flexibility index (Phi) is 5.17. The smallest absolute Gasteiger partial charge is 0.216 e. The number of nitrogens with zero attached hydrogens (tertiary/aromatic N) is 3. The molecule has 25 heavy (non-hydrogen) atoms. The van der Waals surface area contributed by atoms with Gasteiger partial charge in [0.15, 0.2) is 11.6 Å². The van der Waals surface area contributed by atoms with E-state index in [1.165, 1.54) is 35.2 Å². The summed E-state index contributed by atoms with van der Waals surface area (Å²) in [5.74, 6) is 0.0722. The van der Waals surface area contributed by atoms with Crippen molar-refractivity contribution in [2.45, 2.75) is 6.42 Å². The Morgan fingerprint density at radius 1 is 1.24 bits per heavy atom. The summed E-state index contributed by atoms with van der Waals surface area (Å²) in [5, 5.41) is 20.9. The van der Waals surface area contributed by atoms with E-state index in [0.717, 1.165) is 5.56 Å². The van der Waals surface area contributed by atoms with E-state index in [-0.39, 0.29) is 21.6 Å². The van der Waals surface area contributed by atoms with E-state index >= 15 is 0 Å². The molecule has 0 aliphatic carbocycles. The molecule has 1 heterocycles. The van der Waals surface area contributed by atoms with Crippen LogP contribution in [0, 0.1) is 10.6 Å². The summed E-state index contributed by atoms with van der Waals surface area (Å²) < 4.78 is 14.8. The molecule has 0 radical (unpaired) electrons. The average molecular weight is 397 g/mol. The Hall–Kier alpha value is -2.22. The predicted octanol–water partition coefficient (Wildman–Crippen LogP) is 4.57. The third-order valence-electron chi connectivity index (χ3n) is 3.35. The molecule has 0 fully saturated rings. The number of rotatable bonds is 4. The van der Waals surface area contributed by atoms with Gasteiger partial charge in [-0.15, -0.1) is 0 Å². The molecule has 128 valence electrons. The first kappa shape index (κ1) is 17.6. The van der Waals surface area contributed by atoms with Crippen molar-refractivity contribution in [1.29, 1.82) is 0 Å². The number of aromatic nitrogens is 3. The lowest BCUT2D eigenvalue weighted by Crippen LogP contribution is -2.00. The van der Waals surface area contributed by atoms with Crippen molar-refractivity contribution in [2.24, 2.45) is 5.10 Å². The van der Waals surface area contributed by atoms with Crippen molar-refractivity contribution in [1.82, 2.24) is 14.9 Å². The van der Waals surface area contributed by atoms with Gasteiger partial charge < -0.3 is 5.11 Å². The molecular weight excluding hydrogens is 386 g/mol. The molecule has 0 amide bonds.